The van der Waals surface area contributed by atoms with E-state index in [4.69, 9.17) is 0 Å². The monoisotopic (exact) mass is 486 g/mol. The van der Waals surface area contributed by atoms with Gasteiger partial charge in [0.15, 0.2) is 11.6 Å². The minimum absolute atomic E-state index is 0.256. The van der Waals surface area contributed by atoms with E-state index in [0.717, 1.165) is 17.7 Å². The van der Waals surface area contributed by atoms with Gasteiger partial charge < -0.3 is 10.1 Å². The third-order valence-electron chi connectivity index (χ3n) is 3.85. The Morgan fingerprint density at radius 3 is 2.30 bits per heavy atom. The normalized spacial score (nSPS) is 12.3. The number of pyridine rings is 1. The minimum Gasteiger partial charge on any atom is -0.484 e. The van der Waals surface area contributed by atoms with Crippen LogP contribution in [0.4, 0.5) is 39.9 Å². The van der Waals surface area contributed by atoms with Crippen LogP contribution in [0.3, 0.4) is 0 Å². The first-order chi connectivity index (χ1) is 15.3. The summed E-state index contributed by atoms with van der Waals surface area (Å²) in [4.78, 5) is 25.9. The third kappa shape index (κ3) is 6.92. The molecule has 0 aliphatic heterocycles. The molecule has 1 aromatic heterocycles. The van der Waals surface area contributed by atoms with Gasteiger partial charge in [-0.25, -0.2) is 32.2 Å². The molecule has 15 heteroatoms. The van der Waals surface area contributed by atoms with E-state index in [1.807, 2.05) is 5.32 Å². The molecular formula is C18H14F8N4O3. The molecule has 7 nitrogen and oxygen atoms in total. The average Bonchev–Trinajstić information content (AvgIpc) is 2.69. The van der Waals surface area contributed by atoms with Crippen molar-refractivity contribution in [1.29, 1.82) is 0 Å². The number of ether oxygens (including phenoxy) is 1. The molecule has 0 aliphatic carbocycles. The van der Waals surface area contributed by atoms with Crippen molar-refractivity contribution in [3.8, 4) is 16.9 Å². The van der Waals surface area contributed by atoms with E-state index in [2.05, 4.69) is 9.72 Å². The summed E-state index contributed by atoms with van der Waals surface area (Å²) < 4.78 is 108. The lowest BCUT2D eigenvalue weighted by molar-refractivity contribution is -0.174. The number of alkyl halides is 5. The van der Waals surface area contributed by atoms with E-state index in [0.29, 0.717) is 12.1 Å². The lowest BCUT2D eigenvalue weighted by Gasteiger charge is -2.17. The maximum atomic E-state index is 14.6. The van der Waals surface area contributed by atoms with Gasteiger partial charge >= 0.3 is 18.1 Å². The van der Waals surface area contributed by atoms with Crippen molar-refractivity contribution in [1.82, 2.24) is 21.2 Å². The molecule has 1 aromatic carbocycles. The van der Waals surface area contributed by atoms with Crippen LogP contribution in [0.15, 0.2) is 24.4 Å². The van der Waals surface area contributed by atoms with Crippen LogP contribution >= 0.6 is 0 Å². The Morgan fingerprint density at radius 2 is 1.73 bits per heavy atom. The van der Waals surface area contributed by atoms with Crippen molar-refractivity contribution in [3.05, 3.63) is 47.5 Å². The van der Waals surface area contributed by atoms with Gasteiger partial charge in [-0.05, 0) is 19.1 Å². The SMILES string of the molecule is C[C@@H](NC(=O)NNC(=O)C(F)(F)F)c1ncc(-c2cc(F)cc(F)c2OCC(F)F)cc1F. The molecule has 33 heavy (non-hydrogen) atoms. The second-order valence-electron chi connectivity index (χ2n) is 6.33. The summed E-state index contributed by atoms with van der Waals surface area (Å²) in [6, 6.07) is -0.767. The number of nitrogens with zero attached hydrogens (tertiary/aromatic N) is 1. The Morgan fingerprint density at radius 1 is 1.06 bits per heavy atom. The van der Waals surface area contributed by atoms with Crippen LogP contribution in [0.2, 0.25) is 0 Å². The highest BCUT2D eigenvalue weighted by molar-refractivity contribution is 5.84. The molecule has 0 fully saturated rings. The number of hydrazine groups is 1. The van der Waals surface area contributed by atoms with Crippen molar-refractivity contribution >= 4 is 11.9 Å². The lowest BCUT2D eigenvalue weighted by Crippen LogP contribution is -2.51. The fourth-order valence-electron chi connectivity index (χ4n) is 2.47. The van der Waals surface area contributed by atoms with Crippen molar-refractivity contribution in [3.63, 3.8) is 0 Å². The Kier molecular flexibility index (Phi) is 8.00. The molecule has 0 radical (unpaired) electrons. The lowest BCUT2D eigenvalue weighted by atomic mass is 10.0. The van der Waals surface area contributed by atoms with Crippen LogP contribution in [0.25, 0.3) is 11.1 Å². The van der Waals surface area contributed by atoms with E-state index in [1.165, 1.54) is 12.3 Å². The number of hydrogen-bond donors (Lipinski definition) is 3. The molecule has 0 saturated heterocycles. The van der Waals surface area contributed by atoms with Gasteiger partial charge in [0.25, 0.3) is 6.43 Å². The molecule has 1 heterocycles. The quantitative estimate of drug-likeness (QED) is 0.429. The summed E-state index contributed by atoms with van der Waals surface area (Å²) in [6.07, 6.45) is -7.32. The Hall–Kier alpha value is -3.65. The van der Waals surface area contributed by atoms with Crippen LogP contribution in [-0.2, 0) is 4.79 Å². The Balaban J connectivity index is 2.20. The zero-order chi connectivity index (χ0) is 24.9. The highest BCUT2D eigenvalue weighted by Crippen LogP contribution is 2.34. The number of urea groups is 1. The Bertz CT molecular complexity index is 1030. The van der Waals surface area contributed by atoms with E-state index < -0.39 is 71.6 Å². The molecule has 0 bridgehead atoms. The van der Waals surface area contributed by atoms with Crippen LogP contribution in [0.1, 0.15) is 18.7 Å². The molecule has 0 spiro atoms. The van der Waals surface area contributed by atoms with Crippen LogP contribution < -0.4 is 20.9 Å². The number of amides is 3. The number of hydrogen-bond acceptors (Lipinski definition) is 4. The number of halogens is 8. The minimum atomic E-state index is -5.25. The Labute approximate surface area is 180 Å². The number of carbonyl (C=O) groups is 2. The summed E-state index contributed by atoms with van der Waals surface area (Å²) >= 11 is 0. The standard InChI is InChI=1S/C18H14F8N4O3/c1-7(28-17(32)30-29-16(31)18(24,25)26)14-11(20)2-8(5-27-14)10-3-9(19)4-12(21)15(10)33-6-13(22)23/h2-5,7,13H,6H2,1H3,(H,29,31)(H2,28,30,32)/t7-/m1/s1. The molecular weight excluding hydrogens is 472 g/mol. The molecule has 2 rings (SSSR count). The van der Waals surface area contributed by atoms with Gasteiger partial charge in [0, 0.05) is 23.4 Å². The van der Waals surface area contributed by atoms with Crippen LogP contribution in [-0.4, -0.2) is 36.1 Å². The summed E-state index contributed by atoms with van der Waals surface area (Å²) in [5.41, 5.74) is 1.38. The number of benzene rings is 1. The van der Waals surface area contributed by atoms with Gasteiger partial charge in [-0.2, -0.15) is 13.2 Å². The fraction of sp³-hybridized carbons (Fsp3) is 0.278. The summed E-state index contributed by atoms with van der Waals surface area (Å²) in [5.74, 6) is -6.77. The van der Waals surface area contributed by atoms with Gasteiger partial charge in [-0.3, -0.25) is 15.2 Å². The molecule has 3 amide bonds. The first kappa shape index (κ1) is 25.6. The van der Waals surface area contributed by atoms with Gasteiger partial charge in [-0.15, -0.1) is 0 Å². The molecule has 1 atom stereocenters. The van der Waals surface area contributed by atoms with Gasteiger partial charge in [-0.1, -0.05) is 0 Å². The second kappa shape index (κ2) is 10.3. The highest BCUT2D eigenvalue weighted by atomic mass is 19.4. The van der Waals surface area contributed by atoms with Crippen molar-refractivity contribution in [2.75, 3.05) is 6.61 Å². The van der Waals surface area contributed by atoms with Crippen molar-refractivity contribution < 1.29 is 49.4 Å². The van der Waals surface area contributed by atoms with Crippen molar-refractivity contribution in [2.24, 2.45) is 0 Å². The first-order valence-electron chi connectivity index (χ1n) is 8.79. The number of nitrogens with one attached hydrogen (secondary N) is 3. The molecule has 3 N–H and O–H groups in total. The van der Waals surface area contributed by atoms with Crippen molar-refractivity contribution in [2.45, 2.75) is 25.6 Å². The molecule has 0 saturated carbocycles. The van der Waals surface area contributed by atoms with Gasteiger partial charge in [0.2, 0.25) is 0 Å². The van der Waals surface area contributed by atoms with Crippen LogP contribution in [0.5, 0.6) is 5.75 Å². The summed E-state index contributed by atoms with van der Waals surface area (Å²) in [6.45, 7) is -0.0280. The maximum Gasteiger partial charge on any atom is 0.472 e. The topological polar surface area (TPSA) is 92.4 Å². The van der Waals surface area contributed by atoms with Gasteiger partial charge in [0.1, 0.15) is 18.2 Å². The number of aromatic nitrogens is 1. The largest absolute Gasteiger partial charge is 0.484 e. The zero-order valence-corrected chi connectivity index (χ0v) is 16.4. The predicted octanol–water partition coefficient (Wildman–Crippen LogP) is 3.76. The summed E-state index contributed by atoms with van der Waals surface area (Å²) in [7, 11) is 0. The van der Waals surface area contributed by atoms with Gasteiger partial charge in [0.05, 0.1) is 11.7 Å². The van der Waals surface area contributed by atoms with Crippen LogP contribution in [0, 0.1) is 17.5 Å². The van der Waals surface area contributed by atoms with E-state index in [-0.39, 0.29) is 5.56 Å². The molecule has 2 aromatic rings. The molecule has 180 valence electrons. The average molecular weight is 486 g/mol. The molecule has 0 unspecified atom stereocenters. The zero-order valence-electron chi connectivity index (χ0n) is 16.4. The number of rotatable bonds is 6. The summed E-state index contributed by atoms with van der Waals surface area (Å²) in [5, 5.41) is 2.00. The fourth-order valence-corrected chi connectivity index (χ4v) is 2.47. The predicted molar refractivity (Wildman–Crippen MR) is 95.3 cm³/mol. The number of carbonyl (C=O) groups excluding carboxylic acids is 2. The maximum absolute atomic E-state index is 14.6. The van der Waals surface area contributed by atoms with E-state index in [9.17, 15) is 44.7 Å². The highest BCUT2D eigenvalue weighted by Gasteiger charge is 2.39. The smallest absolute Gasteiger partial charge is 0.472 e. The molecule has 0 aliphatic rings. The van der Waals surface area contributed by atoms with E-state index >= 15 is 0 Å². The van der Waals surface area contributed by atoms with E-state index in [1.54, 1.807) is 0 Å². The second-order valence-corrected chi connectivity index (χ2v) is 6.33. The third-order valence-corrected chi connectivity index (χ3v) is 3.85. The first-order valence-corrected chi connectivity index (χ1v) is 8.79.